The molecule has 0 saturated heterocycles. The summed E-state index contributed by atoms with van der Waals surface area (Å²) < 4.78 is 27.4. The molecule has 0 amide bonds. The Morgan fingerprint density at radius 2 is 2.10 bits per heavy atom. The second kappa shape index (κ2) is 8.68. The number of hydrogen-bond acceptors (Lipinski definition) is 3. The molecule has 0 aliphatic carbocycles. The third-order valence-electron chi connectivity index (χ3n) is 3.00. The maximum atomic E-state index is 12.7. The van der Waals surface area contributed by atoms with E-state index in [2.05, 4.69) is 27.8 Å². The van der Waals surface area contributed by atoms with E-state index in [-0.39, 0.29) is 0 Å². The summed E-state index contributed by atoms with van der Waals surface area (Å²) in [4.78, 5) is 0.304. The van der Waals surface area contributed by atoms with Crippen LogP contribution in [0.1, 0.15) is 25.8 Å². The molecule has 1 N–H and O–H groups in total. The van der Waals surface area contributed by atoms with Gasteiger partial charge in [0, 0.05) is 24.1 Å². The maximum absolute atomic E-state index is 12.7. The van der Waals surface area contributed by atoms with Crippen LogP contribution >= 0.6 is 15.9 Å². The molecule has 0 saturated carbocycles. The van der Waals surface area contributed by atoms with E-state index in [9.17, 15) is 8.42 Å². The molecule has 1 aromatic carbocycles. The summed E-state index contributed by atoms with van der Waals surface area (Å²) >= 11 is 3.39. The first-order valence-corrected chi connectivity index (χ1v) is 9.30. The Morgan fingerprint density at radius 1 is 1.38 bits per heavy atom. The van der Waals surface area contributed by atoms with Crippen molar-refractivity contribution in [1.29, 1.82) is 0 Å². The zero-order valence-electron chi connectivity index (χ0n) is 12.6. The summed E-state index contributed by atoms with van der Waals surface area (Å²) in [6, 6.07) is 5.36. The standard InChI is InChI=1S/C15H23BrN2O2S/c1-4-9-18(10-5-2)21(19,20)15-8-7-13(11-14(15)16)12-17-6-3/h4,7-8,11,17H,1,5-6,9-10,12H2,2-3H3. The lowest BCUT2D eigenvalue weighted by atomic mass is 10.2. The maximum Gasteiger partial charge on any atom is 0.244 e. The molecule has 0 atom stereocenters. The third kappa shape index (κ3) is 4.92. The smallest absolute Gasteiger partial charge is 0.244 e. The van der Waals surface area contributed by atoms with Crippen LogP contribution in [-0.4, -0.2) is 32.4 Å². The highest BCUT2D eigenvalue weighted by Gasteiger charge is 2.25. The molecule has 21 heavy (non-hydrogen) atoms. The van der Waals surface area contributed by atoms with Gasteiger partial charge in [0.15, 0.2) is 0 Å². The Balaban J connectivity index is 3.09. The van der Waals surface area contributed by atoms with E-state index in [0.29, 0.717) is 22.5 Å². The Morgan fingerprint density at radius 3 is 2.62 bits per heavy atom. The number of benzene rings is 1. The summed E-state index contributed by atoms with van der Waals surface area (Å²) in [6.07, 6.45) is 2.38. The highest BCUT2D eigenvalue weighted by atomic mass is 79.9. The summed E-state index contributed by atoms with van der Waals surface area (Å²) in [5.41, 5.74) is 1.05. The lowest BCUT2D eigenvalue weighted by molar-refractivity contribution is 0.441. The fourth-order valence-electron chi connectivity index (χ4n) is 1.97. The van der Waals surface area contributed by atoms with Crippen molar-refractivity contribution in [2.45, 2.75) is 31.7 Å². The van der Waals surface area contributed by atoms with Crippen LogP contribution in [-0.2, 0) is 16.6 Å². The summed E-state index contributed by atoms with van der Waals surface area (Å²) in [5, 5.41) is 3.22. The monoisotopic (exact) mass is 374 g/mol. The first kappa shape index (κ1) is 18.4. The van der Waals surface area contributed by atoms with Crippen molar-refractivity contribution in [2.75, 3.05) is 19.6 Å². The van der Waals surface area contributed by atoms with E-state index in [1.807, 2.05) is 26.0 Å². The van der Waals surface area contributed by atoms with Crippen molar-refractivity contribution in [3.63, 3.8) is 0 Å². The van der Waals surface area contributed by atoms with Gasteiger partial charge in [-0.1, -0.05) is 26.0 Å². The molecular weight excluding hydrogens is 352 g/mol. The largest absolute Gasteiger partial charge is 0.313 e. The van der Waals surface area contributed by atoms with Crippen LogP contribution in [0.15, 0.2) is 40.2 Å². The number of halogens is 1. The Labute approximate surface area is 136 Å². The number of rotatable bonds is 9. The molecule has 6 heteroatoms. The Bertz CT molecular complexity index is 573. The minimum absolute atomic E-state index is 0.304. The van der Waals surface area contributed by atoms with Crippen LogP contribution in [0.25, 0.3) is 0 Å². The Hall–Kier alpha value is -0.690. The van der Waals surface area contributed by atoms with E-state index in [0.717, 1.165) is 25.1 Å². The lowest BCUT2D eigenvalue weighted by Gasteiger charge is -2.21. The van der Waals surface area contributed by atoms with Crippen LogP contribution in [0.3, 0.4) is 0 Å². The summed E-state index contributed by atoms with van der Waals surface area (Å²) in [7, 11) is -3.50. The first-order valence-electron chi connectivity index (χ1n) is 7.07. The normalized spacial score (nSPS) is 11.8. The van der Waals surface area contributed by atoms with Crippen molar-refractivity contribution in [3.8, 4) is 0 Å². The van der Waals surface area contributed by atoms with Crippen LogP contribution < -0.4 is 5.32 Å². The van der Waals surface area contributed by atoms with E-state index in [1.165, 1.54) is 4.31 Å². The zero-order valence-corrected chi connectivity index (χ0v) is 15.0. The quantitative estimate of drug-likeness (QED) is 0.675. The van der Waals surface area contributed by atoms with Gasteiger partial charge in [-0.25, -0.2) is 8.42 Å². The lowest BCUT2D eigenvalue weighted by Crippen LogP contribution is -2.32. The summed E-state index contributed by atoms with van der Waals surface area (Å²) in [6.45, 7) is 10.0. The molecule has 0 fully saturated rings. The second-order valence-electron chi connectivity index (χ2n) is 4.70. The molecule has 0 unspecified atom stereocenters. The van der Waals surface area contributed by atoms with Crippen LogP contribution in [0.5, 0.6) is 0 Å². The fraction of sp³-hybridized carbons (Fsp3) is 0.467. The van der Waals surface area contributed by atoms with Gasteiger partial charge in [-0.3, -0.25) is 0 Å². The molecular formula is C15H23BrN2O2S. The van der Waals surface area contributed by atoms with Gasteiger partial charge < -0.3 is 5.32 Å². The molecule has 118 valence electrons. The number of nitrogens with one attached hydrogen (secondary N) is 1. The van der Waals surface area contributed by atoms with Crippen LogP contribution in [0, 0.1) is 0 Å². The highest BCUT2D eigenvalue weighted by Crippen LogP contribution is 2.26. The molecule has 0 aliphatic heterocycles. The molecule has 4 nitrogen and oxygen atoms in total. The minimum Gasteiger partial charge on any atom is -0.313 e. The van der Waals surface area contributed by atoms with Crippen molar-refractivity contribution < 1.29 is 8.42 Å². The van der Waals surface area contributed by atoms with Crippen molar-refractivity contribution in [2.24, 2.45) is 0 Å². The van der Waals surface area contributed by atoms with Gasteiger partial charge in [0.25, 0.3) is 0 Å². The number of hydrogen-bond donors (Lipinski definition) is 1. The zero-order chi connectivity index (χ0) is 15.9. The second-order valence-corrected chi connectivity index (χ2v) is 7.46. The SMILES string of the molecule is C=CCN(CCC)S(=O)(=O)c1ccc(CNCC)cc1Br. The molecule has 0 heterocycles. The topological polar surface area (TPSA) is 49.4 Å². The van der Waals surface area contributed by atoms with Gasteiger partial charge in [0.05, 0.1) is 4.90 Å². The molecule has 0 bridgehead atoms. The summed E-state index contributed by atoms with van der Waals surface area (Å²) in [5.74, 6) is 0. The predicted molar refractivity (Wildman–Crippen MR) is 90.8 cm³/mol. The molecule has 1 rings (SSSR count). The van der Waals surface area contributed by atoms with Crippen molar-refractivity contribution in [3.05, 3.63) is 40.9 Å². The highest BCUT2D eigenvalue weighted by molar-refractivity contribution is 9.10. The minimum atomic E-state index is -3.50. The van der Waals surface area contributed by atoms with Crippen molar-refractivity contribution >= 4 is 26.0 Å². The van der Waals surface area contributed by atoms with Crippen LogP contribution in [0.2, 0.25) is 0 Å². The average Bonchev–Trinajstić information content (AvgIpc) is 2.44. The third-order valence-corrected chi connectivity index (χ3v) is 5.84. The van der Waals surface area contributed by atoms with E-state index >= 15 is 0 Å². The van der Waals surface area contributed by atoms with Gasteiger partial charge in [0.2, 0.25) is 10.0 Å². The van der Waals surface area contributed by atoms with E-state index in [1.54, 1.807) is 12.1 Å². The molecule has 1 aromatic rings. The molecule has 0 spiro atoms. The van der Waals surface area contributed by atoms with Gasteiger partial charge in [0.1, 0.15) is 0 Å². The van der Waals surface area contributed by atoms with Gasteiger partial charge in [-0.05, 0) is 46.6 Å². The fourth-order valence-corrected chi connectivity index (χ4v) is 4.56. The average molecular weight is 375 g/mol. The first-order chi connectivity index (χ1) is 9.97. The predicted octanol–water partition coefficient (Wildman–Crippen LogP) is 3.15. The molecule has 0 radical (unpaired) electrons. The van der Waals surface area contributed by atoms with Gasteiger partial charge in [-0.15, -0.1) is 6.58 Å². The molecule has 0 aromatic heterocycles. The number of sulfonamides is 1. The van der Waals surface area contributed by atoms with Gasteiger partial charge >= 0.3 is 0 Å². The Kier molecular flexibility index (Phi) is 7.59. The number of nitrogens with zero attached hydrogens (tertiary/aromatic N) is 1. The van der Waals surface area contributed by atoms with E-state index < -0.39 is 10.0 Å². The van der Waals surface area contributed by atoms with Crippen molar-refractivity contribution in [1.82, 2.24) is 9.62 Å². The van der Waals surface area contributed by atoms with E-state index in [4.69, 9.17) is 0 Å². The molecule has 0 aliphatic rings. The van der Waals surface area contributed by atoms with Crippen LogP contribution in [0.4, 0.5) is 0 Å². The van der Waals surface area contributed by atoms with Gasteiger partial charge in [-0.2, -0.15) is 4.31 Å².